The maximum atomic E-state index is 11.9. The van der Waals surface area contributed by atoms with Crippen LogP contribution in [-0.2, 0) is 11.2 Å². The summed E-state index contributed by atoms with van der Waals surface area (Å²) in [4.78, 5) is 11.5. The predicted molar refractivity (Wildman–Crippen MR) is 75.3 cm³/mol. The second-order valence-corrected chi connectivity index (χ2v) is 4.23. The highest BCUT2D eigenvalue weighted by Gasteiger charge is 2.07. The first kappa shape index (κ1) is 18.6. The number of carbonyl (C=O) groups excluding carboxylic acids is 1. The fraction of sp³-hybridized carbons (Fsp3) is 0.462. The zero-order chi connectivity index (χ0) is 14.3. The van der Waals surface area contributed by atoms with Crippen LogP contribution < -0.4 is 15.8 Å². The minimum absolute atomic E-state index is 0. The minimum Gasteiger partial charge on any atom is -0.435 e. The Balaban J connectivity index is 0.00000361. The molecule has 0 saturated carbocycles. The molecule has 0 spiro atoms. The monoisotopic (exact) mass is 308 g/mol. The molecule has 1 aromatic carbocycles. The molecule has 1 atom stereocenters. The van der Waals surface area contributed by atoms with Gasteiger partial charge in [0.15, 0.2) is 0 Å². The van der Waals surface area contributed by atoms with Crippen LogP contribution in [0.15, 0.2) is 24.3 Å². The molecule has 0 aromatic heterocycles. The molecule has 0 aliphatic heterocycles. The van der Waals surface area contributed by atoms with Crippen molar-refractivity contribution in [2.45, 2.75) is 32.4 Å². The van der Waals surface area contributed by atoms with E-state index in [1.165, 1.54) is 12.1 Å². The third-order valence-corrected chi connectivity index (χ3v) is 2.55. The standard InChI is InChI=1S/C13H18F2N2O2.ClH/c1-9(8-16)17-12(18)7-4-10-2-5-11(6-3-10)19-13(14)15;/h2-3,5-6,9,13H,4,7-8,16H2,1H3,(H,17,18);1H/t9-;/m0./s1. The molecule has 0 aliphatic rings. The maximum Gasteiger partial charge on any atom is 0.387 e. The van der Waals surface area contributed by atoms with E-state index in [0.717, 1.165) is 5.56 Å². The highest BCUT2D eigenvalue weighted by atomic mass is 35.5. The lowest BCUT2D eigenvalue weighted by molar-refractivity contribution is -0.121. The molecular formula is C13H19ClF2N2O2. The molecule has 114 valence electrons. The van der Waals surface area contributed by atoms with Crippen molar-refractivity contribution in [3.8, 4) is 5.75 Å². The van der Waals surface area contributed by atoms with Gasteiger partial charge in [0.1, 0.15) is 5.75 Å². The van der Waals surface area contributed by atoms with Crippen LogP contribution in [0.25, 0.3) is 0 Å². The first-order valence-corrected chi connectivity index (χ1v) is 6.04. The first-order chi connectivity index (χ1) is 9.01. The summed E-state index contributed by atoms with van der Waals surface area (Å²) in [7, 11) is 0. The first-order valence-electron chi connectivity index (χ1n) is 6.04. The fourth-order valence-corrected chi connectivity index (χ4v) is 1.50. The second kappa shape index (κ2) is 9.50. The summed E-state index contributed by atoms with van der Waals surface area (Å²) in [5, 5.41) is 2.75. The van der Waals surface area contributed by atoms with Crippen LogP contribution in [0, 0.1) is 0 Å². The number of nitrogens with one attached hydrogen (secondary N) is 1. The van der Waals surface area contributed by atoms with Gasteiger partial charge in [-0.15, -0.1) is 12.4 Å². The van der Waals surface area contributed by atoms with Crippen LogP contribution in [0.2, 0.25) is 0 Å². The summed E-state index contributed by atoms with van der Waals surface area (Å²) in [6, 6.07) is 6.20. The number of halogens is 3. The zero-order valence-electron chi connectivity index (χ0n) is 11.1. The summed E-state index contributed by atoms with van der Waals surface area (Å²) in [6.07, 6.45) is 0.872. The van der Waals surface area contributed by atoms with Crippen LogP contribution in [0.4, 0.5) is 8.78 Å². The van der Waals surface area contributed by atoms with Gasteiger partial charge in [0.2, 0.25) is 5.91 Å². The van der Waals surface area contributed by atoms with Crippen molar-refractivity contribution in [1.29, 1.82) is 0 Å². The molecule has 0 fully saturated rings. The quantitative estimate of drug-likeness (QED) is 0.811. The van der Waals surface area contributed by atoms with Gasteiger partial charge >= 0.3 is 6.61 Å². The van der Waals surface area contributed by atoms with Crippen molar-refractivity contribution in [2.75, 3.05) is 6.54 Å². The number of carbonyl (C=O) groups is 1. The van der Waals surface area contributed by atoms with Crippen molar-refractivity contribution in [2.24, 2.45) is 5.73 Å². The lowest BCUT2D eigenvalue weighted by atomic mass is 10.1. The molecule has 1 aromatic rings. The van der Waals surface area contributed by atoms with Gasteiger partial charge in [0.25, 0.3) is 0 Å². The average Bonchev–Trinajstić information content (AvgIpc) is 2.37. The SMILES string of the molecule is C[C@@H](CN)NC(=O)CCc1ccc(OC(F)F)cc1.Cl. The van der Waals surface area contributed by atoms with Gasteiger partial charge in [-0.05, 0) is 31.0 Å². The van der Waals surface area contributed by atoms with Crippen molar-refractivity contribution in [3.63, 3.8) is 0 Å². The van der Waals surface area contributed by atoms with Gasteiger partial charge < -0.3 is 15.8 Å². The number of amides is 1. The predicted octanol–water partition coefficient (Wildman–Crippen LogP) is 2.11. The third-order valence-electron chi connectivity index (χ3n) is 2.55. The van der Waals surface area contributed by atoms with Gasteiger partial charge in [-0.25, -0.2) is 0 Å². The van der Waals surface area contributed by atoms with E-state index in [0.29, 0.717) is 19.4 Å². The Bertz CT molecular complexity index is 402. The van der Waals surface area contributed by atoms with Gasteiger partial charge in [-0.3, -0.25) is 4.79 Å². The largest absolute Gasteiger partial charge is 0.435 e. The molecular weight excluding hydrogens is 290 g/mol. The third kappa shape index (κ3) is 7.25. The van der Waals surface area contributed by atoms with E-state index in [4.69, 9.17) is 5.73 Å². The summed E-state index contributed by atoms with van der Waals surface area (Å²) >= 11 is 0. The summed E-state index contributed by atoms with van der Waals surface area (Å²) < 4.78 is 28.1. The Kier molecular flexibility index (Phi) is 8.83. The highest BCUT2D eigenvalue weighted by Crippen LogP contribution is 2.15. The van der Waals surface area contributed by atoms with Gasteiger partial charge in [0, 0.05) is 19.0 Å². The molecule has 0 heterocycles. The lowest BCUT2D eigenvalue weighted by Gasteiger charge is -2.11. The zero-order valence-corrected chi connectivity index (χ0v) is 12.0. The number of nitrogens with two attached hydrogens (primary N) is 1. The summed E-state index contributed by atoms with van der Waals surface area (Å²) in [6.45, 7) is -0.603. The molecule has 0 unspecified atom stereocenters. The second-order valence-electron chi connectivity index (χ2n) is 4.23. The Hall–Kier alpha value is -1.40. The molecule has 0 bridgehead atoms. The van der Waals surface area contributed by atoms with Gasteiger partial charge in [0.05, 0.1) is 0 Å². The van der Waals surface area contributed by atoms with Crippen molar-refractivity contribution < 1.29 is 18.3 Å². The Morgan fingerprint density at radius 1 is 1.35 bits per heavy atom. The van der Waals surface area contributed by atoms with Crippen LogP contribution in [0.5, 0.6) is 5.75 Å². The van der Waals surface area contributed by atoms with E-state index in [1.54, 1.807) is 12.1 Å². The van der Waals surface area contributed by atoms with Crippen molar-refractivity contribution in [3.05, 3.63) is 29.8 Å². The number of rotatable bonds is 7. The molecule has 0 radical (unpaired) electrons. The average molecular weight is 309 g/mol. The van der Waals surface area contributed by atoms with Crippen LogP contribution in [-0.4, -0.2) is 25.1 Å². The number of hydrogen-bond acceptors (Lipinski definition) is 3. The Morgan fingerprint density at radius 2 is 1.95 bits per heavy atom. The van der Waals surface area contributed by atoms with Crippen LogP contribution in [0.1, 0.15) is 18.9 Å². The molecule has 0 aliphatic carbocycles. The van der Waals surface area contributed by atoms with E-state index in [2.05, 4.69) is 10.1 Å². The van der Waals surface area contributed by atoms with Crippen LogP contribution >= 0.6 is 12.4 Å². The number of benzene rings is 1. The van der Waals surface area contributed by atoms with E-state index in [-0.39, 0.29) is 30.1 Å². The molecule has 3 N–H and O–H groups in total. The fourth-order valence-electron chi connectivity index (χ4n) is 1.50. The lowest BCUT2D eigenvalue weighted by Crippen LogP contribution is -2.37. The Labute approximate surface area is 123 Å². The smallest absolute Gasteiger partial charge is 0.387 e. The van der Waals surface area contributed by atoms with E-state index < -0.39 is 6.61 Å². The molecule has 20 heavy (non-hydrogen) atoms. The highest BCUT2D eigenvalue weighted by molar-refractivity contribution is 5.85. The molecule has 1 amide bonds. The van der Waals surface area contributed by atoms with Crippen molar-refractivity contribution in [1.82, 2.24) is 5.32 Å². The number of hydrogen-bond donors (Lipinski definition) is 2. The van der Waals surface area contributed by atoms with Crippen molar-refractivity contribution >= 4 is 18.3 Å². The number of ether oxygens (including phenoxy) is 1. The topological polar surface area (TPSA) is 64.3 Å². The summed E-state index contributed by atoms with van der Waals surface area (Å²) in [5.74, 6) is 0.0332. The number of aryl methyl sites for hydroxylation is 1. The molecule has 1 rings (SSSR count). The van der Waals surface area contributed by atoms with Crippen LogP contribution in [0.3, 0.4) is 0 Å². The van der Waals surface area contributed by atoms with Gasteiger partial charge in [-0.1, -0.05) is 12.1 Å². The molecule has 0 saturated heterocycles. The Morgan fingerprint density at radius 3 is 2.45 bits per heavy atom. The van der Waals surface area contributed by atoms with E-state index in [9.17, 15) is 13.6 Å². The van der Waals surface area contributed by atoms with E-state index in [1.807, 2.05) is 6.92 Å². The normalized spacial score (nSPS) is 11.7. The molecule has 7 heteroatoms. The molecule has 4 nitrogen and oxygen atoms in total. The number of alkyl halides is 2. The van der Waals surface area contributed by atoms with E-state index >= 15 is 0 Å². The maximum absolute atomic E-state index is 11.9. The van der Waals surface area contributed by atoms with Gasteiger partial charge in [-0.2, -0.15) is 8.78 Å². The summed E-state index contributed by atoms with van der Waals surface area (Å²) in [5.41, 5.74) is 6.28. The minimum atomic E-state index is -2.82.